The maximum Gasteiger partial charge on any atom is 0.344 e. The molecule has 0 N–H and O–H groups in total. The molecule has 1 atom stereocenters. The lowest BCUT2D eigenvalue weighted by molar-refractivity contribution is -0.148. The van der Waals surface area contributed by atoms with E-state index in [-0.39, 0.29) is 18.3 Å². The van der Waals surface area contributed by atoms with Gasteiger partial charge in [-0.2, -0.15) is 0 Å². The molecule has 0 fully saturated rings. The van der Waals surface area contributed by atoms with E-state index in [0.717, 1.165) is 11.3 Å². The summed E-state index contributed by atoms with van der Waals surface area (Å²) in [5.41, 5.74) is 2.19. The minimum Gasteiger partial charge on any atom is -0.481 e. The average Bonchev–Trinajstić information content (AvgIpc) is 3.10. The van der Waals surface area contributed by atoms with Gasteiger partial charge >= 0.3 is 5.97 Å². The summed E-state index contributed by atoms with van der Waals surface area (Å²) in [6.07, 6.45) is -0.267. The van der Waals surface area contributed by atoms with Crippen molar-refractivity contribution in [3.8, 4) is 5.75 Å². The number of esters is 1. The molecule has 0 aromatic heterocycles. The maximum absolute atomic E-state index is 12.6. The lowest BCUT2D eigenvalue weighted by atomic mass is 10.0. The predicted octanol–water partition coefficient (Wildman–Crippen LogP) is 4.20. The zero-order valence-corrected chi connectivity index (χ0v) is 18.2. The van der Waals surface area contributed by atoms with Crippen LogP contribution in [0.4, 0.5) is 5.69 Å². The highest BCUT2D eigenvalue weighted by molar-refractivity contribution is 9.10. The second-order valence-electron chi connectivity index (χ2n) is 6.62. The van der Waals surface area contributed by atoms with E-state index in [4.69, 9.17) is 21.1 Å². The number of fused-ring (bicyclic) bond motifs is 1. The van der Waals surface area contributed by atoms with Crippen LogP contribution in [0.25, 0.3) is 0 Å². The number of ketones is 1. The molecular weight excluding hydrogens is 462 g/mol. The number of hydrogen-bond acceptors (Lipinski definition) is 5. The van der Waals surface area contributed by atoms with Crippen molar-refractivity contribution >= 4 is 50.9 Å². The van der Waals surface area contributed by atoms with Crippen LogP contribution in [0.15, 0.2) is 40.9 Å². The SMILES string of the molecule is CC(=O)N1CCc2cc(C(=O)C(C)OC(=O)COc3ccc(Cl)cc3Br)ccc21. The molecular formula is C21H19BrClNO5. The molecule has 1 unspecified atom stereocenters. The summed E-state index contributed by atoms with van der Waals surface area (Å²) in [6.45, 7) is 3.30. The van der Waals surface area contributed by atoms with E-state index in [1.54, 1.807) is 41.3 Å². The molecule has 3 rings (SSSR count). The molecule has 6 nitrogen and oxygen atoms in total. The Balaban J connectivity index is 1.59. The molecule has 0 saturated heterocycles. The summed E-state index contributed by atoms with van der Waals surface area (Å²) in [7, 11) is 0. The Kier molecular flexibility index (Phi) is 6.59. The number of carbonyl (C=O) groups excluding carboxylic acids is 3. The summed E-state index contributed by atoms with van der Waals surface area (Å²) in [4.78, 5) is 38.0. The van der Waals surface area contributed by atoms with E-state index in [0.29, 0.717) is 33.8 Å². The monoisotopic (exact) mass is 479 g/mol. The summed E-state index contributed by atoms with van der Waals surface area (Å²) < 4.78 is 11.2. The number of carbonyl (C=O) groups is 3. The van der Waals surface area contributed by atoms with Gasteiger partial charge < -0.3 is 14.4 Å². The molecule has 29 heavy (non-hydrogen) atoms. The Morgan fingerprint density at radius 1 is 1.21 bits per heavy atom. The Bertz CT molecular complexity index is 978. The lowest BCUT2D eigenvalue weighted by Gasteiger charge is -2.16. The smallest absolute Gasteiger partial charge is 0.344 e. The van der Waals surface area contributed by atoms with E-state index in [9.17, 15) is 14.4 Å². The molecule has 0 radical (unpaired) electrons. The van der Waals surface area contributed by atoms with Crippen LogP contribution in [0.5, 0.6) is 5.75 Å². The third kappa shape index (κ3) is 4.97. The lowest BCUT2D eigenvalue weighted by Crippen LogP contribution is -2.27. The van der Waals surface area contributed by atoms with Gasteiger partial charge in [-0.15, -0.1) is 0 Å². The number of hydrogen-bond donors (Lipinski definition) is 0. The number of ether oxygens (including phenoxy) is 2. The van der Waals surface area contributed by atoms with Crippen molar-refractivity contribution < 1.29 is 23.9 Å². The van der Waals surface area contributed by atoms with Gasteiger partial charge in [-0.1, -0.05) is 11.6 Å². The number of Topliss-reactive ketones (excluding diaryl/α,β-unsaturated/α-hetero) is 1. The van der Waals surface area contributed by atoms with Gasteiger partial charge in [-0.05, 0) is 71.2 Å². The average molecular weight is 481 g/mol. The van der Waals surface area contributed by atoms with Crippen LogP contribution < -0.4 is 9.64 Å². The molecule has 0 spiro atoms. The first-order valence-electron chi connectivity index (χ1n) is 8.99. The van der Waals surface area contributed by atoms with Crippen molar-refractivity contribution in [1.29, 1.82) is 0 Å². The fourth-order valence-corrected chi connectivity index (χ4v) is 3.93. The maximum atomic E-state index is 12.6. The van der Waals surface area contributed by atoms with Crippen LogP contribution >= 0.6 is 27.5 Å². The molecule has 1 heterocycles. The number of halogens is 2. The van der Waals surface area contributed by atoms with Gasteiger partial charge in [0, 0.05) is 29.7 Å². The largest absolute Gasteiger partial charge is 0.481 e. The third-order valence-corrected chi connectivity index (χ3v) is 5.41. The van der Waals surface area contributed by atoms with Gasteiger partial charge in [0.05, 0.1) is 4.47 Å². The highest BCUT2D eigenvalue weighted by Crippen LogP contribution is 2.30. The van der Waals surface area contributed by atoms with Crippen LogP contribution in [-0.4, -0.2) is 36.9 Å². The minimum atomic E-state index is -0.955. The van der Waals surface area contributed by atoms with Gasteiger partial charge in [0.15, 0.2) is 12.7 Å². The quantitative estimate of drug-likeness (QED) is 0.458. The Morgan fingerprint density at radius 3 is 2.66 bits per heavy atom. The molecule has 1 amide bonds. The van der Waals surface area contributed by atoms with Gasteiger partial charge in [-0.3, -0.25) is 9.59 Å². The van der Waals surface area contributed by atoms with Crippen molar-refractivity contribution in [3.63, 3.8) is 0 Å². The first-order chi connectivity index (χ1) is 13.8. The fraction of sp³-hybridized carbons (Fsp3) is 0.286. The molecule has 1 aliphatic rings. The molecule has 0 saturated carbocycles. The van der Waals surface area contributed by atoms with Gasteiger partial charge in [0.1, 0.15) is 5.75 Å². The summed E-state index contributed by atoms with van der Waals surface area (Å²) in [5, 5.41) is 0.534. The molecule has 2 aromatic carbocycles. The van der Waals surface area contributed by atoms with Crippen molar-refractivity contribution in [1.82, 2.24) is 0 Å². The second-order valence-corrected chi connectivity index (χ2v) is 7.91. The number of benzene rings is 2. The molecule has 2 aromatic rings. The van der Waals surface area contributed by atoms with E-state index < -0.39 is 12.1 Å². The number of nitrogens with zero attached hydrogens (tertiary/aromatic N) is 1. The van der Waals surface area contributed by atoms with Crippen LogP contribution in [0.1, 0.15) is 29.8 Å². The highest BCUT2D eigenvalue weighted by atomic mass is 79.9. The van der Waals surface area contributed by atoms with E-state index in [1.807, 2.05) is 0 Å². The third-order valence-electron chi connectivity index (χ3n) is 4.56. The fourth-order valence-electron chi connectivity index (χ4n) is 3.13. The zero-order valence-electron chi connectivity index (χ0n) is 15.9. The van der Waals surface area contributed by atoms with Crippen LogP contribution in [0.3, 0.4) is 0 Å². The Hall–Kier alpha value is -2.38. The molecule has 152 valence electrons. The summed E-state index contributed by atoms with van der Waals surface area (Å²) in [5.74, 6) is -0.553. The normalized spacial score (nSPS) is 13.6. The zero-order chi connectivity index (χ0) is 21.1. The van der Waals surface area contributed by atoms with Crippen molar-refractivity contribution in [3.05, 3.63) is 57.0 Å². The first-order valence-corrected chi connectivity index (χ1v) is 10.2. The van der Waals surface area contributed by atoms with Crippen molar-refractivity contribution in [2.45, 2.75) is 26.4 Å². The van der Waals surface area contributed by atoms with Gasteiger partial charge in [-0.25, -0.2) is 4.79 Å². The van der Waals surface area contributed by atoms with Crippen molar-refractivity contribution in [2.24, 2.45) is 0 Å². The highest BCUT2D eigenvalue weighted by Gasteiger charge is 2.25. The van der Waals surface area contributed by atoms with Crippen LogP contribution in [0.2, 0.25) is 5.02 Å². The minimum absolute atomic E-state index is 0.0301. The van der Waals surface area contributed by atoms with Crippen LogP contribution in [-0.2, 0) is 20.7 Å². The molecule has 1 aliphatic heterocycles. The Morgan fingerprint density at radius 2 is 1.97 bits per heavy atom. The molecule has 0 bridgehead atoms. The van der Waals surface area contributed by atoms with Gasteiger partial charge in [0.25, 0.3) is 0 Å². The van der Waals surface area contributed by atoms with E-state index in [1.165, 1.54) is 13.8 Å². The topological polar surface area (TPSA) is 72.9 Å². The number of anilines is 1. The molecule has 8 heteroatoms. The predicted molar refractivity (Wildman–Crippen MR) is 113 cm³/mol. The summed E-state index contributed by atoms with van der Waals surface area (Å²) in [6, 6.07) is 10.1. The van der Waals surface area contributed by atoms with Crippen molar-refractivity contribution in [2.75, 3.05) is 18.1 Å². The number of amides is 1. The second kappa shape index (κ2) is 8.97. The van der Waals surface area contributed by atoms with Crippen LogP contribution in [0, 0.1) is 0 Å². The molecule has 0 aliphatic carbocycles. The summed E-state index contributed by atoms with van der Waals surface area (Å²) >= 11 is 9.17. The van der Waals surface area contributed by atoms with E-state index >= 15 is 0 Å². The van der Waals surface area contributed by atoms with Gasteiger partial charge in [0.2, 0.25) is 11.7 Å². The number of rotatable bonds is 6. The van der Waals surface area contributed by atoms with E-state index in [2.05, 4.69) is 15.9 Å². The Labute approximate surface area is 181 Å². The first kappa shape index (κ1) is 21.3. The standard InChI is InChI=1S/C21H19BrClNO5/c1-12(29-20(26)11-28-19-6-4-16(23)10-17(19)22)21(27)15-3-5-18-14(9-15)7-8-24(18)13(2)25/h3-6,9-10,12H,7-8,11H2,1-2H3.